The average Bonchev–Trinajstić information content (AvgIpc) is 2.60. The van der Waals surface area contributed by atoms with E-state index < -0.39 is 11.4 Å². The number of carbonyl (C=O) groups is 1. The third-order valence-electron chi connectivity index (χ3n) is 4.70. The van der Waals surface area contributed by atoms with Crippen molar-refractivity contribution in [2.75, 3.05) is 7.11 Å². The molecule has 0 amide bonds. The van der Waals surface area contributed by atoms with Crippen molar-refractivity contribution in [3.63, 3.8) is 0 Å². The van der Waals surface area contributed by atoms with E-state index in [4.69, 9.17) is 10.5 Å². The summed E-state index contributed by atoms with van der Waals surface area (Å²) in [5, 5.41) is 0. The topological polar surface area (TPSA) is 64.7 Å². The molecule has 2 unspecified atom stereocenters. The smallest absolute Gasteiger partial charge is 0.168 e. The van der Waals surface area contributed by atoms with Gasteiger partial charge >= 0.3 is 0 Å². The number of ether oxygens (including phenoxy) is 1. The third-order valence-corrected chi connectivity index (χ3v) is 4.70. The molecule has 0 aromatic heterocycles. The summed E-state index contributed by atoms with van der Waals surface area (Å²) < 4.78 is 19.8. The molecule has 130 valence electrons. The van der Waals surface area contributed by atoms with Crippen LogP contribution in [0.1, 0.15) is 25.8 Å². The van der Waals surface area contributed by atoms with Crippen LogP contribution < -0.4 is 10.5 Å². The summed E-state index contributed by atoms with van der Waals surface area (Å²) in [7, 11) is 1.59. The molecule has 4 nitrogen and oxygen atoms in total. The number of aliphatic imine (C=N–C) groups is 1. The zero-order chi connectivity index (χ0) is 18.2. The molecule has 1 aliphatic rings. The van der Waals surface area contributed by atoms with Crippen LogP contribution in [0.15, 0.2) is 47.5 Å². The summed E-state index contributed by atoms with van der Waals surface area (Å²) in [4.78, 5) is 17.1. The number of methoxy groups -OCH3 is 1. The van der Waals surface area contributed by atoms with Crippen molar-refractivity contribution in [3.05, 3.63) is 53.8 Å². The van der Waals surface area contributed by atoms with Crippen molar-refractivity contribution in [1.82, 2.24) is 0 Å². The summed E-state index contributed by atoms with van der Waals surface area (Å²) in [6.07, 6.45) is 0.408. The Morgan fingerprint density at radius 2 is 1.96 bits per heavy atom. The highest BCUT2D eigenvalue weighted by Gasteiger charge is 2.43. The SMILES string of the molecule is COc1cccc(-c2ccc(F)c(C3(C)N=C(N)CC(C)C3=O)c2)c1. The summed E-state index contributed by atoms with van der Waals surface area (Å²) in [6, 6.07) is 12.2. The van der Waals surface area contributed by atoms with Crippen LogP contribution in [0.3, 0.4) is 0 Å². The Balaban J connectivity index is 2.14. The van der Waals surface area contributed by atoms with Gasteiger partial charge in [0.15, 0.2) is 5.78 Å². The van der Waals surface area contributed by atoms with Crippen LogP contribution in [-0.2, 0) is 10.3 Å². The van der Waals surface area contributed by atoms with Gasteiger partial charge in [0, 0.05) is 17.9 Å². The lowest BCUT2D eigenvalue weighted by molar-refractivity contribution is -0.127. The molecule has 2 aromatic rings. The van der Waals surface area contributed by atoms with Crippen molar-refractivity contribution >= 4 is 11.6 Å². The van der Waals surface area contributed by atoms with E-state index in [9.17, 15) is 9.18 Å². The minimum atomic E-state index is -1.30. The second-order valence-electron chi connectivity index (χ2n) is 6.57. The lowest BCUT2D eigenvalue weighted by Gasteiger charge is -2.32. The second kappa shape index (κ2) is 6.31. The molecule has 25 heavy (non-hydrogen) atoms. The molecule has 0 aliphatic carbocycles. The largest absolute Gasteiger partial charge is 0.497 e. The first kappa shape index (κ1) is 17.1. The molecule has 1 aliphatic heterocycles. The summed E-state index contributed by atoms with van der Waals surface area (Å²) in [6.45, 7) is 3.43. The van der Waals surface area contributed by atoms with Gasteiger partial charge in [-0.15, -0.1) is 0 Å². The van der Waals surface area contributed by atoms with Gasteiger partial charge in [0.2, 0.25) is 0 Å². The first-order chi connectivity index (χ1) is 11.8. The van der Waals surface area contributed by atoms with Gasteiger partial charge in [-0.25, -0.2) is 4.39 Å². The Kier molecular flexibility index (Phi) is 4.33. The number of ketones is 1. The fourth-order valence-electron chi connectivity index (χ4n) is 3.35. The maximum absolute atomic E-state index is 14.6. The standard InChI is InChI=1S/C20H21FN2O2/c1-12-9-18(22)23-20(2,19(12)24)16-11-14(7-8-17(16)21)13-5-4-6-15(10-13)25-3/h4-8,10-12H,9H2,1-3H3,(H2,22,23). The van der Waals surface area contributed by atoms with Crippen LogP contribution in [0.4, 0.5) is 4.39 Å². The molecule has 5 heteroatoms. The number of halogens is 1. The minimum Gasteiger partial charge on any atom is -0.497 e. The molecule has 0 fully saturated rings. The molecular formula is C20H21FN2O2. The van der Waals surface area contributed by atoms with Gasteiger partial charge in [-0.05, 0) is 42.3 Å². The van der Waals surface area contributed by atoms with E-state index in [0.717, 1.165) is 11.1 Å². The Bertz CT molecular complexity index is 863. The van der Waals surface area contributed by atoms with Crippen molar-refractivity contribution in [3.8, 4) is 16.9 Å². The van der Waals surface area contributed by atoms with Gasteiger partial charge in [0.05, 0.1) is 12.9 Å². The maximum Gasteiger partial charge on any atom is 0.168 e. The fraction of sp³-hybridized carbons (Fsp3) is 0.300. The summed E-state index contributed by atoms with van der Waals surface area (Å²) in [5.41, 5.74) is 6.50. The van der Waals surface area contributed by atoms with E-state index in [1.165, 1.54) is 6.07 Å². The first-order valence-electron chi connectivity index (χ1n) is 8.18. The zero-order valence-corrected chi connectivity index (χ0v) is 14.5. The molecule has 2 atom stereocenters. The van der Waals surface area contributed by atoms with Crippen LogP contribution >= 0.6 is 0 Å². The molecule has 3 rings (SSSR count). The van der Waals surface area contributed by atoms with Gasteiger partial charge in [0.1, 0.15) is 17.1 Å². The predicted molar refractivity (Wildman–Crippen MR) is 96.2 cm³/mol. The van der Waals surface area contributed by atoms with Gasteiger partial charge in [0.25, 0.3) is 0 Å². The number of rotatable bonds is 3. The highest BCUT2D eigenvalue weighted by Crippen LogP contribution is 2.37. The zero-order valence-electron chi connectivity index (χ0n) is 14.5. The van der Waals surface area contributed by atoms with E-state index in [-0.39, 0.29) is 17.3 Å². The van der Waals surface area contributed by atoms with Gasteiger partial charge in [-0.1, -0.05) is 25.1 Å². The molecule has 0 saturated carbocycles. The number of Topliss-reactive ketones (excluding diaryl/α,β-unsaturated/α-hetero) is 1. The van der Waals surface area contributed by atoms with Gasteiger partial charge in [-0.2, -0.15) is 0 Å². The summed E-state index contributed by atoms with van der Waals surface area (Å²) in [5.74, 6) is 0.207. The van der Waals surface area contributed by atoms with Crippen LogP contribution in [0.25, 0.3) is 11.1 Å². The fourth-order valence-corrected chi connectivity index (χ4v) is 3.35. The molecular weight excluding hydrogens is 319 g/mol. The third kappa shape index (κ3) is 3.02. The Morgan fingerprint density at radius 3 is 2.68 bits per heavy atom. The molecule has 0 spiro atoms. The van der Waals surface area contributed by atoms with Crippen molar-refractivity contribution < 1.29 is 13.9 Å². The lowest BCUT2D eigenvalue weighted by Crippen LogP contribution is -2.43. The number of benzene rings is 2. The highest BCUT2D eigenvalue weighted by molar-refractivity contribution is 6.00. The maximum atomic E-state index is 14.6. The van der Waals surface area contributed by atoms with Gasteiger partial charge < -0.3 is 10.5 Å². The Hall–Kier alpha value is -2.69. The number of nitrogens with zero attached hydrogens (tertiary/aromatic N) is 1. The van der Waals surface area contributed by atoms with Gasteiger partial charge in [-0.3, -0.25) is 9.79 Å². The second-order valence-corrected chi connectivity index (χ2v) is 6.57. The van der Waals surface area contributed by atoms with Crippen LogP contribution in [0.5, 0.6) is 5.75 Å². The monoisotopic (exact) mass is 340 g/mol. The number of carbonyl (C=O) groups excluding carboxylic acids is 1. The molecule has 0 radical (unpaired) electrons. The average molecular weight is 340 g/mol. The molecule has 0 saturated heterocycles. The van der Waals surface area contributed by atoms with Crippen LogP contribution in [-0.4, -0.2) is 18.7 Å². The normalized spacial score (nSPS) is 23.3. The van der Waals surface area contributed by atoms with E-state index in [1.54, 1.807) is 33.1 Å². The Labute approximate surface area is 146 Å². The predicted octanol–water partition coefficient (Wildman–Crippen LogP) is 3.68. The van der Waals surface area contributed by atoms with Crippen LogP contribution in [0.2, 0.25) is 0 Å². The Morgan fingerprint density at radius 1 is 1.24 bits per heavy atom. The van der Waals surface area contributed by atoms with Crippen molar-refractivity contribution in [2.24, 2.45) is 16.6 Å². The number of hydrogen-bond acceptors (Lipinski definition) is 4. The number of amidine groups is 1. The van der Waals surface area contributed by atoms with Crippen molar-refractivity contribution in [1.29, 1.82) is 0 Å². The molecule has 0 bridgehead atoms. The van der Waals surface area contributed by atoms with Crippen molar-refractivity contribution in [2.45, 2.75) is 25.8 Å². The number of nitrogens with two attached hydrogens (primary N) is 1. The molecule has 1 heterocycles. The molecule has 2 N–H and O–H groups in total. The lowest BCUT2D eigenvalue weighted by atomic mass is 9.78. The van der Waals surface area contributed by atoms with E-state index in [1.807, 2.05) is 24.3 Å². The highest BCUT2D eigenvalue weighted by atomic mass is 19.1. The quantitative estimate of drug-likeness (QED) is 0.927. The summed E-state index contributed by atoms with van der Waals surface area (Å²) >= 11 is 0. The minimum absolute atomic E-state index is 0.122. The first-order valence-corrected chi connectivity index (χ1v) is 8.18. The van der Waals surface area contributed by atoms with E-state index in [0.29, 0.717) is 18.0 Å². The molecule has 2 aromatic carbocycles. The number of hydrogen-bond donors (Lipinski definition) is 1. The van der Waals surface area contributed by atoms with E-state index >= 15 is 0 Å². The van der Waals surface area contributed by atoms with E-state index in [2.05, 4.69) is 4.99 Å². The van der Waals surface area contributed by atoms with Crippen LogP contribution in [0, 0.1) is 11.7 Å².